The Bertz CT molecular complexity index is 928. The van der Waals surface area contributed by atoms with E-state index in [9.17, 15) is 19.8 Å². The molecule has 0 aromatic rings. The number of aliphatic hydroxyl groups is 2. The molecule has 0 spiro atoms. The molecule has 0 aromatic heterocycles. The van der Waals surface area contributed by atoms with Gasteiger partial charge in [-0.05, 0) is 25.7 Å². The van der Waals surface area contributed by atoms with Crippen molar-refractivity contribution in [3.63, 3.8) is 0 Å². The fraction of sp³-hybridized carbons (Fsp3) is 0.966. The van der Waals surface area contributed by atoms with Crippen LogP contribution in [0.25, 0.3) is 0 Å². The first kappa shape index (κ1) is 63.9. The molecule has 0 aliphatic carbocycles. The molecule has 0 aliphatic heterocycles. The van der Waals surface area contributed by atoms with Crippen molar-refractivity contribution in [3.8, 4) is 0 Å². The van der Waals surface area contributed by atoms with Crippen molar-refractivity contribution in [1.82, 2.24) is 5.32 Å². The molecule has 2 atom stereocenters. The molecule has 0 aliphatic rings. The van der Waals surface area contributed by atoms with Crippen molar-refractivity contribution in [2.24, 2.45) is 0 Å². The Morgan fingerprint density at radius 2 is 0.631 bits per heavy atom. The Balaban J connectivity index is 3.34. The molecule has 0 aromatic carbocycles. The Morgan fingerprint density at radius 3 is 0.938 bits per heavy atom. The van der Waals surface area contributed by atoms with E-state index in [-0.39, 0.29) is 18.5 Å². The number of carbonyl (C=O) groups is 2. The highest BCUT2D eigenvalue weighted by atomic mass is 16.5. The maximum Gasteiger partial charge on any atom is 0.305 e. The van der Waals surface area contributed by atoms with Crippen LogP contribution in [-0.4, -0.2) is 47.4 Å². The summed E-state index contributed by atoms with van der Waals surface area (Å²) in [4.78, 5) is 24.5. The van der Waals surface area contributed by atoms with Gasteiger partial charge in [-0.25, -0.2) is 0 Å². The minimum Gasteiger partial charge on any atom is -0.466 e. The van der Waals surface area contributed by atoms with E-state index in [4.69, 9.17) is 4.74 Å². The van der Waals surface area contributed by atoms with Gasteiger partial charge in [0, 0.05) is 12.8 Å². The lowest BCUT2D eigenvalue weighted by Gasteiger charge is -2.22. The number of esters is 1. The standard InChI is InChI=1S/C59H117NO5/c1-3-5-7-9-11-13-15-31-35-39-43-47-51-57(62)56(55-61)60-58(63)52-48-44-40-36-32-29-27-25-23-21-19-17-18-20-22-24-26-28-30-34-38-42-46-50-54-65-59(64)53-49-45-41-37-33-16-14-12-10-8-6-4-2/h56-57,61-62H,3-55H2,1-2H3,(H,60,63). The number of aliphatic hydroxyl groups excluding tert-OH is 2. The average Bonchev–Trinajstić information content (AvgIpc) is 3.31. The number of ether oxygens (including phenoxy) is 1. The van der Waals surface area contributed by atoms with Crippen molar-refractivity contribution in [3.05, 3.63) is 0 Å². The van der Waals surface area contributed by atoms with Crippen LogP contribution >= 0.6 is 0 Å². The predicted octanol–water partition coefficient (Wildman–Crippen LogP) is 18.3. The Hall–Kier alpha value is -1.14. The minimum atomic E-state index is -0.661. The molecule has 1 amide bonds. The number of unbranched alkanes of at least 4 members (excludes halogenated alkanes) is 45. The Morgan fingerprint density at radius 1 is 0.369 bits per heavy atom. The van der Waals surface area contributed by atoms with Gasteiger partial charge in [0.25, 0.3) is 0 Å². The topological polar surface area (TPSA) is 95.9 Å². The van der Waals surface area contributed by atoms with Crippen LogP contribution in [0.15, 0.2) is 0 Å². The van der Waals surface area contributed by atoms with Gasteiger partial charge in [0.05, 0.1) is 25.4 Å². The molecule has 65 heavy (non-hydrogen) atoms. The molecule has 0 saturated heterocycles. The van der Waals surface area contributed by atoms with Gasteiger partial charge in [0.2, 0.25) is 5.91 Å². The molecule has 6 heteroatoms. The first-order valence-electron chi connectivity index (χ1n) is 29.8. The van der Waals surface area contributed by atoms with E-state index >= 15 is 0 Å². The van der Waals surface area contributed by atoms with Gasteiger partial charge in [0.15, 0.2) is 0 Å². The van der Waals surface area contributed by atoms with Crippen molar-refractivity contribution in [2.75, 3.05) is 13.2 Å². The normalized spacial score (nSPS) is 12.5. The van der Waals surface area contributed by atoms with Crippen LogP contribution in [0, 0.1) is 0 Å². The molecule has 6 nitrogen and oxygen atoms in total. The van der Waals surface area contributed by atoms with E-state index < -0.39 is 12.1 Å². The van der Waals surface area contributed by atoms with Crippen molar-refractivity contribution < 1.29 is 24.5 Å². The van der Waals surface area contributed by atoms with Gasteiger partial charge in [-0.3, -0.25) is 9.59 Å². The monoisotopic (exact) mass is 920 g/mol. The number of nitrogens with one attached hydrogen (secondary N) is 1. The third kappa shape index (κ3) is 52.1. The number of carbonyl (C=O) groups excluding carboxylic acids is 2. The third-order valence-corrected chi connectivity index (χ3v) is 14.2. The van der Waals surface area contributed by atoms with Gasteiger partial charge in [-0.15, -0.1) is 0 Å². The molecule has 3 N–H and O–H groups in total. The highest BCUT2D eigenvalue weighted by Crippen LogP contribution is 2.18. The number of hydrogen-bond acceptors (Lipinski definition) is 5. The lowest BCUT2D eigenvalue weighted by Crippen LogP contribution is -2.45. The second-order valence-electron chi connectivity index (χ2n) is 20.7. The largest absolute Gasteiger partial charge is 0.466 e. The average molecular weight is 921 g/mol. The second-order valence-corrected chi connectivity index (χ2v) is 20.7. The van der Waals surface area contributed by atoms with Crippen LogP contribution in [0.3, 0.4) is 0 Å². The summed E-state index contributed by atoms with van der Waals surface area (Å²) in [7, 11) is 0. The maximum absolute atomic E-state index is 12.4. The first-order chi connectivity index (χ1) is 32.0. The molecule has 0 bridgehead atoms. The number of hydrogen-bond donors (Lipinski definition) is 3. The fourth-order valence-electron chi connectivity index (χ4n) is 9.58. The molecule has 0 saturated carbocycles. The summed E-state index contributed by atoms with van der Waals surface area (Å²) in [6, 6.07) is -0.538. The van der Waals surface area contributed by atoms with Crippen LogP contribution in [0.2, 0.25) is 0 Å². The summed E-state index contributed by atoms with van der Waals surface area (Å²) < 4.78 is 5.47. The zero-order valence-electron chi connectivity index (χ0n) is 44.3. The van der Waals surface area contributed by atoms with Gasteiger partial charge in [0.1, 0.15) is 0 Å². The zero-order chi connectivity index (χ0) is 47.2. The molecule has 2 unspecified atom stereocenters. The second kappa shape index (κ2) is 55.5. The third-order valence-electron chi connectivity index (χ3n) is 14.2. The summed E-state index contributed by atoms with van der Waals surface area (Å²) in [5.41, 5.74) is 0. The number of amides is 1. The van der Waals surface area contributed by atoms with E-state index in [0.717, 1.165) is 38.5 Å². The summed E-state index contributed by atoms with van der Waals surface area (Å²) >= 11 is 0. The molecule has 0 heterocycles. The summed E-state index contributed by atoms with van der Waals surface area (Å²) in [5.74, 6) is -0.0155. The highest BCUT2D eigenvalue weighted by Gasteiger charge is 2.20. The van der Waals surface area contributed by atoms with E-state index in [2.05, 4.69) is 19.2 Å². The SMILES string of the molecule is CCCCCCCCCCCCCCC(=O)OCCCCCCCCCCCCCCCCCCCCCCCCCCC(=O)NC(CO)C(O)CCCCCCCCCCCCCC. The summed E-state index contributed by atoms with van der Waals surface area (Å²) in [6.45, 7) is 4.97. The van der Waals surface area contributed by atoms with Crippen molar-refractivity contribution >= 4 is 11.9 Å². The lowest BCUT2D eigenvalue weighted by molar-refractivity contribution is -0.143. The van der Waals surface area contributed by atoms with Crippen molar-refractivity contribution in [1.29, 1.82) is 0 Å². The van der Waals surface area contributed by atoms with Crippen LogP contribution in [0.5, 0.6) is 0 Å². The summed E-state index contributed by atoms with van der Waals surface area (Å²) in [6.07, 6.45) is 63.9. The van der Waals surface area contributed by atoms with Crippen LogP contribution < -0.4 is 5.32 Å². The van der Waals surface area contributed by atoms with Gasteiger partial charge >= 0.3 is 5.97 Å². The molecule has 0 fully saturated rings. The fourth-order valence-corrected chi connectivity index (χ4v) is 9.58. The first-order valence-corrected chi connectivity index (χ1v) is 29.8. The Kier molecular flexibility index (Phi) is 54.5. The quantitative estimate of drug-likeness (QED) is 0.0417. The van der Waals surface area contributed by atoms with E-state index in [1.54, 1.807) is 0 Å². The molecule has 388 valence electrons. The summed E-state index contributed by atoms with van der Waals surface area (Å²) in [5, 5.41) is 23.2. The van der Waals surface area contributed by atoms with Crippen LogP contribution in [-0.2, 0) is 14.3 Å². The lowest BCUT2D eigenvalue weighted by atomic mass is 10.0. The zero-order valence-corrected chi connectivity index (χ0v) is 44.3. The Labute approximate surface area is 406 Å². The number of rotatable bonds is 56. The minimum absolute atomic E-state index is 0.0168. The molecule has 0 rings (SSSR count). The van der Waals surface area contributed by atoms with Crippen LogP contribution in [0.4, 0.5) is 0 Å². The smallest absolute Gasteiger partial charge is 0.305 e. The predicted molar refractivity (Wildman–Crippen MR) is 283 cm³/mol. The van der Waals surface area contributed by atoms with Crippen molar-refractivity contribution in [2.45, 2.75) is 353 Å². The molecular weight excluding hydrogens is 803 g/mol. The highest BCUT2D eigenvalue weighted by molar-refractivity contribution is 5.76. The van der Waals surface area contributed by atoms with Crippen LogP contribution in [0.1, 0.15) is 341 Å². The van der Waals surface area contributed by atoms with E-state index in [0.29, 0.717) is 25.9 Å². The van der Waals surface area contributed by atoms with E-state index in [1.807, 2.05) is 0 Å². The van der Waals surface area contributed by atoms with Gasteiger partial charge < -0.3 is 20.3 Å². The van der Waals surface area contributed by atoms with Gasteiger partial charge in [-0.2, -0.15) is 0 Å². The maximum atomic E-state index is 12.4. The van der Waals surface area contributed by atoms with Gasteiger partial charge in [-0.1, -0.05) is 303 Å². The molecule has 0 radical (unpaired) electrons. The van der Waals surface area contributed by atoms with E-state index in [1.165, 1.54) is 270 Å². The molecular formula is C59H117NO5.